The number of nitrogens with zero attached hydrogens (tertiary/aromatic N) is 2. The van der Waals surface area contributed by atoms with Gasteiger partial charge in [0.1, 0.15) is 11.6 Å². The minimum Gasteiger partial charge on any atom is -0.478 e. The highest BCUT2D eigenvalue weighted by atomic mass is 16.4. The fourth-order valence-electron chi connectivity index (χ4n) is 1.91. The lowest BCUT2D eigenvalue weighted by molar-refractivity contribution is -0.136. The van der Waals surface area contributed by atoms with E-state index in [-0.39, 0.29) is 23.8 Å². The van der Waals surface area contributed by atoms with E-state index in [0.29, 0.717) is 11.4 Å². The Labute approximate surface area is 109 Å². The Bertz CT molecular complexity index is 570. The highest BCUT2D eigenvalue weighted by Crippen LogP contribution is 2.21. The van der Waals surface area contributed by atoms with Crippen molar-refractivity contribution in [3.05, 3.63) is 23.5 Å². The molecule has 1 aliphatic heterocycles. The summed E-state index contributed by atoms with van der Waals surface area (Å²) in [5, 5.41) is 11.9. The molecule has 0 spiro atoms. The van der Waals surface area contributed by atoms with Gasteiger partial charge >= 0.3 is 5.97 Å². The quantitative estimate of drug-likeness (QED) is 0.759. The van der Waals surface area contributed by atoms with E-state index in [4.69, 9.17) is 5.11 Å². The molecule has 1 aliphatic rings. The topological polar surface area (TPSA) is 99.6 Å². The third-order valence-electron chi connectivity index (χ3n) is 2.98. The van der Waals surface area contributed by atoms with E-state index in [1.807, 2.05) is 0 Å². The molecule has 7 heteroatoms. The minimum atomic E-state index is -1.14. The molecule has 0 saturated carbocycles. The number of hydrogen-bond donors (Lipinski definition) is 2. The van der Waals surface area contributed by atoms with Gasteiger partial charge in [-0.2, -0.15) is 0 Å². The molecule has 1 unspecified atom stereocenters. The number of aryl methyl sites for hydroxylation is 1. The molecule has 2 N–H and O–H groups in total. The summed E-state index contributed by atoms with van der Waals surface area (Å²) in [6, 6.07) is 0.817. The zero-order valence-corrected chi connectivity index (χ0v) is 10.5. The van der Waals surface area contributed by atoms with Gasteiger partial charge in [0, 0.05) is 18.9 Å². The van der Waals surface area contributed by atoms with Crippen molar-refractivity contribution in [2.45, 2.75) is 19.4 Å². The number of anilines is 1. The van der Waals surface area contributed by atoms with Crippen LogP contribution in [0.3, 0.4) is 0 Å². The number of pyridine rings is 1. The number of nitrogens with one attached hydrogen (secondary N) is 1. The number of hydrogen-bond acceptors (Lipinski definition) is 5. The van der Waals surface area contributed by atoms with Gasteiger partial charge in [-0.15, -0.1) is 0 Å². The maximum Gasteiger partial charge on any atom is 0.339 e. The zero-order chi connectivity index (χ0) is 14.2. The molecule has 7 nitrogen and oxygen atoms in total. The van der Waals surface area contributed by atoms with Crippen LogP contribution in [-0.2, 0) is 9.59 Å². The highest BCUT2D eigenvalue weighted by molar-refractivity contribution is 6.07. The second kappa shape index (κ2) is 4.68. The Morgan fingerprint density at radius 1 is 1.53 bits per heavy atom. The van der Waals surface area contributed by atoms with E-state index >= 15 is 0 Å². The van der Waals surface area contributed by atoms with Crippen molar-refractivity contribution in [2.24, 2.45) is 0 Å². The maximum absolute atomic E-state index is 11.8. The standard InChI is InChI=1S/C12H13N3O4/c1-6-3-8(7(5-13-6)12(18)19)14-9-4-10(16)15(2)11(9)17/h3,5,9H,4H2,1-2H3,(H,13,14)(H,18,19). The molecule has 2 heterocycles. The van der Waals surface area contributed by atoms with Crippen molar-refractivity contribution in [1.82, 2.24) is 9.88 Å². The van der Waals surface area contributed by atoms with Gasteiger partial charge in [-0.3, -0.25) is 19.5 Å². The summed E-state index contributed by atoms with van der Waals surface area (Å²) in [5.74, 6) is -1.79. The number of aromatic carboxylic acids is 1. The molecule has 1 aromatic heterocycles. The van der Waals surface area contributed by atoms with Crippen LogP contribution in [0.25, 0.3) is 0 Å². The average molecular weight is 263 g/mol. The van der Waals surface area contributed by atoms with Crippen LogP contribution >= 0.6 is 0 Å². The third-order valence-corrected chi connectivity index (χ3v) is 2.98. The van der Waals surface area contributed by atoms with E-state index in [9.17, 15) is 14.4 Å². The van der Waals surface area contributed by atoms with Gasteiger partial charge < -0.3 is 10.4 Å². The van der Waals surface area contributed by atoms with E-state index < -0.39 is 12.0 Å². The van der Waals surface area contributed by atoms with Gasteiger partial charge in [-0.1, -0.05) is 0 Å². The first kappa shape index (κ1) is 13.0. The SMILES string of the molecule is Cc1cc(NC2CC(=O)N(C)C2=O)c(C(=O)O)cn1. The van der Waals surface area contributed by atoms with Gasteiger partial charge in [0.05, 0.1) is 12.1 Å². The molecule has 1 fully saturated rings. The number of aromatic nitrogens is 1. The van der Waals surface area contributed by atoms with E-state index in [2.05, 4.69) is 10.3 Å². The second-order valence-electron chi connectivity index (χ2n) is 4.37. The number of rotatable bonds is 3. The largest absolute Gasteiger partial charge is 0.478 e. The molecular formula is C12H13N3O4. The van der Waals surface area contributed by atoms with Crippen molar-refractivity contribution in [2.75, 3.05) is 12.4 Å². The molecule has 0 aliphatic carbocycles. The summed E-state index contributed by atoms with van der Waals surface area (Å²) in [7, 11) is 1.41. The Balaban J connectivity index is 2.29. The van der Waals surface area contributed by atoms with Gasteiger partial charge in [-0.25, -0.2) is 4.79 Å². The van der Waals surface area contributed by atoms with Gasteiger partial charge in [0.2, 0.25) is 5.91 Å². The van der Waals surface area contributed by atoms with Crippen molar-refractivity contribution < 1.29 is 19.5 Å². The molecule has 1 atom stereocenters. The third kappa shape index (κ3) is 2.40. The van der Waals surface area contributed by atoms with Crippen LogP contribution in [0.15, 0.2) is 12.3 Å². The Morgan fingerprint density at radius 2 is 2.21 bits per heavy atom. The highest BCUT2D eigenvalue weighted by Gasteiger charge is 2.36. The first-order valence-electron chi connectivity index (χ1n) is 5.67. The lowest BCUT2D eigenvalue weighted by atomic mass is 10.1. The van der Waals surface area contributed by atoms with Crippen molar-refractivity contribution in [3.63, 3.8) is 0 Å². The summed E-state index contributed by atoms with van der Waals surface area (Å²) in [6.45, 7) is 1.71. The molecular weight excluding hydrogens is 250 g/mol. The van der Waals surface area contributed by atoms with Gasteiger partial charge in [-0.05, 0) is 13.0 Å². The molecule has 2 amide bonds. The van der Waals surface area contributed by atoms with Crippen molar-refractivity contribution >= 4 is 23.5 Å². The van der Waals surface area contributed by atoms with Gasteiger partial charge in [0.15, 0.2) is 0 Å². The first-order valence-corrected chi connectivity index (χ1v) is 5.67. The van der Waals surface area contributed by atoms with Gasteiger partial charge in [0.25, 0.3) is 5.91 Å². The van der Waals surface area contributed by atoms with Crippen LogP contribution < -0.4 is 5.32 Å². The molecule has 19 heavy (non-hydrogen) atoms. The number of likely N-dealkylation sites (N-methyl/N-ethyl adjacent to an activating group) is 1. The lowest BCUT2D eigenvalue weighted by Gasteiger charge is -2.14. The molecule has 1 saturated heterocycles. The summed E-state index contributed by atoms with van der Waals surface area (Å²) < 4.78 is 0. The molecule has 0 aromatic carbocycles. The Kier molecular flexibility index (Phi) is 3.20. The number of carboxylic acid groups (broad SMARTS) is 1. The second-order valence-corrected chi connectivity index (χ2v) is 4.37. The average Bonchev–Trinajstić information content (AvgIpc) is 2.57. The first-order chi connectivity index (χ1) is 8.90. The number of carbonyl (C=O) groups is 3. The number of amides is 2. The van der Waals surface area contributed by atoms with Crippen LogP contribution in [0.2, 0.25) is 0 Å². The Morgan fingerprint density at radius 3 is 2.74 bits per heavy atom. The number of carbonyl (C=O) groups excluding carboxylic acids is 2. The normalized spacial score (nSPS) is 18.8. The van der Waals surface area contributed by atoms with E-state index in [0.717, 1.165) is 4.90 Å². The zero-order valence-electron chi connectivity index (χ0n) is 10.5. The summed E-state index contributed by atoms with van der Waals surface area (Å²) in [6.07, 6.45) is 1.25. The maximum atomic E-state index is 11.8. The summed E-state index contributed by atoms with van der Waals surface area (Å²) in [4.78, 5) is 39.2. The monoisotopic (exact) mass is 263 g/mol. The predicted molar refractivity (Wildman–Crippen MR) is 65.7 cm³/mol. The van der Waals surface area contributed by atoms with Crippen LogP contribution in [0.4, 0.5) is 5.69 Å². The Hall–Kier alpha value is -2.44. The van der Waals surface area contributed by atoms with E-state index in [1.54, 1.807) is 13.0 Å². The number of imide groups is 1. The van der Waals surface area contributed by atoms with Crippen LogP contribution in [0, 0.1) is 6.92 Å². The molecule has 0 radical (unpaired) electrons. The van der Waals surface area contributed by atoms with Crippen molar-refractivity contribution in [1.29, 1.82) is 0 Å². The predicted octanol–water partition coefficient (Wildman–Crippen LogP) is 0.257. The van der Waals surface area contributed by atoms with E-state index in [1.165, 1.54) is 13.2 Å². The molecule has 2 rings (SSSR count). The number of likely N-dealkylation sites (tertiary alicyclic amines) is 1. The summed E-state index contributed by atoms with van der Waals surface area (Å²) >= 11 is 0. The smallest absolute Gasteiger partial charge is 0.339 e. The van der Waals surface area contributed by atoms with Crippen LogP contribution in [-0.4, -0.2) is 45.9 Å². The van der Waals surface area contributed by atoms with Crippen LogP contribution in [0.1, 0.15) is 22.5 Å². The minimum absolute atomic E-state index is 0.0236. The fourth-order valence-corrected chi connectivity index (χ4v) is 1.91. The summed E-state index contributed by atoms with van der Waals surface area (Å²) in [5.41, 5.74) is 0.888. The number of carboxylic acids is 1. The van der Waals surface area contributed by atoms with Crippen LogP contribution in [0.5, 0.6) is 0 Å². The molecule has 0 bridgehead atoms. The lowest BCUT2D eigenvalue weighted by Crippen LogP contribution is -2.32. The van der Waals surface area contributed by atoms with Crippen molar-refractivity contribution in [3.8, 4) is 0 Å². The molecule has 100 valence electrons. The fraction of sp³-hybridized carbons (Fsp3) is 0.333. The molecule has 1 aromatic rings.